The Morgan fingerprint density at radius 1 is 1.10 bits per heavy atom. The van der Waals surface area contributed by atoms with E-state index in [1.54, 1.807) is 19.9 Å². The highest BCUT2D eigenvalue weighted by Crippen LogP contribution is 2.35. The number of nitrogens with zero attached hydrogens (tertiary/aromatic N) is 3. The van der Waals surface area contributed by atoms with Gasteiger partial charge in [0, 0.05) is 36.2 Å². The van der Waals surface area contributed by atoms with Gasteiger partial charge in [-0.3, -0.25) is 19.2 Å². The van der Waals surface area contributed by atoms with Gasteiger partial charge in [-0.15, -0.1) is 0 Å². The van der Waals surface area contributed by atoms with Gasteiger partial charge in [0.25, 0.3) is 11.8 Å². The Morgan fingerprint density at radius 2 is 1.93 bits per heavy atom. The minimum atomic E-state index is -0.462. The van der Waals surface area contributed by atoms with Crippen LogP contribution in [-0.2, 0) is 24.2 Å². The minimum Gasteiger partial charge on any atom is -0.483 e. The molecular weight excluding hydrogens is 522 g/mol. The van der Waals surface area contributed by atoms with Crippen molar-refractivity contribution in [1.29, 1.82) is 0 Å². The van der Waals surface area contributed by atoms with Crippen LogP contribution in [0.4, 0.5) is 0 Å². The Kier molecular flexibility index (Phi) is 6.61. The second-order valence-electron chi connectivity index (χ2n) is 10.6. The molecule has 0 saturated carbocycles. The van der Waals surface area contributed by atoms with Crippen molar-refractivity contribution in [2.24, 2.45) is 0 Å². The van der Waals surface area contributed by atoms with E-state index in [2.05, 4.69) is 20.7 Å². The Hall–Kier alpha value is -4.86. The zero-order valence-electron chi connectivity index (χ0n) is 23.0. The van der Waals surface area contributed by atoms with Crippen LogP contribution in [0, 0.1) is 6.92 Å². The Labute approximate surface area is 236 Å². The molecule has 10 nitrogen and oxygen atoms in total. The number of ketones is 2. The molecule has 0 radical (unpaired) electrons. The summed E-state index contributed by atoms with van der Waals surface area (Å²) >= 11 is 0. The van der Waals surface area contributed by atoms with Gasteiger partial charge in [-0.1, -0.05) is 18.2 Å². The summed E-state index contributed by atoms with van der Waals surface area (Å²) in [5.74, 6) is -0.114. The van der Waals surface area contributed by atoms with E-state index in [0.717, 1.165) is 34.2 Å². The summed E-state index contributed by atoms with van der Waals surface area (Å²) < 4.78 is 7.05. The van der Waals surface area contributed by atoms with Crippen molar-refractivity contribution in [3.63, 3.8) is 0 Å². The number of aromatic nitrogens is 3. The third-order valence-electron chi connectivity index (χ3n) is 7.90. The molecule has 4 aromatic rings. The van der Waals surface area contributed by atoms with E-state index < -0.39 is 12.0 Å². The van der Waals surface area contributed by atoms with Crippen molar-refractivity contribution in [2.45, 2.75) is 58.7 Å². The van der Waals surface area contributed by atoms with Crippen LogP contribution in [0.25, 0.3) is 5.65 Å². The van der Waals surface area contributed by atoms with Gasteiger partial charge in [0.05, 0.1) is 12.2 Å². The molecule has 10 heteroatoms. The summed E-state index contributed by atoms with van der Waals surface area (Å²) in [7, 11) is 0. The highest BCUT2D eigenvalue weighted by atomic mass is 16.5. The van der Waals surface area contributed by atoms with E-state index in [0.29, 0.717) is 29.8 Å². The van der Waals surface area contributed by atoms with Gasteiger partial charge in [0.2, 0.25) is 0 Å². The first-order chi connectivity index (χ1) is 19.7. The predicted octanol–water partition coefficient (Wildman–Crippen LogP) is 3.48. The van der Waals surface area contributed by atoms with Crippen molar-refractivity contribution in [1.82, 2.24) is 25.2 Å². The highest BCUT2D eigenvalue weighted by molar-refractivity contribution is 5.99. The molecule has 2 aromatic heterocycles. The summed E-state index contributed by atoms with van der Waals surface area (Å²) in [5.41, 5.74) is 5.99. The fraction of sp³-hybridized carbons (Fsp3) is 0.290. The van der Waals surface area contributed by atoms with Gasteiger partial charge >= 0.3 is 0 Å². The molecule has 2 aliphatic rings. The molecule has 2 aromatic carbocycles. The largest absolute Gasteiger partial charge is 0.483 e. The molecule has 2 atom stereocenters. The van der Waals surface area contributed by atoms with Crippen LogP contribution >= 0.6 is 0 Å². The number of hydrogen-bond acceptors (Lipinski definition) is 7. The van der Waals surface area contributed by atoms with Gasteiger partial charge in [0.15, 0.2) is 23.3 Å². The molecular formula is C31H29N5O5. The second kappa shape index (κ2) is 10.3. The summed E-state index contributed by atoms with van der Waals surface area (Å²) in [6.07, 6.45) is 2.82. The molecule has 0 spiro atoms. The molecule has 0 bridgehead atoms. The molecule has 0 saturated heterocycles. The van der Waals surface area contributed by atoms with Gasteiger partial charge in [0.1, 0.15) is 17.1 Å². The molecule has 208 valence electrons. The van der Waals surface area contributed by atoms with E-state index in [1.807, 2.05) is 37.3 Å². The first-order valence-electron chi connectivity index (χ1n) is 13.6. The number of hydrogen-bond donors (Lipinski definition) is 2. The minimum absolute atomic E-state index is 0.0137. The van der Waals surface area contributed by atoms with Crippen LogP contribution in [0.1, 0.15) is 85.5 Å². The van der Waals surface area contributed by atoms with E-state index in [1.165, 1.54) is 16.8 Å². The standard InChI is InChI=1S/C31H29N5O5/c1-16-21(17(2)37)5-6-23-22(16)7-8-24(23)35-31(40)26-14-25(34-29-10-11-33-36(26)29)30(39)32-15-19-4-9-28-20(12-19)13-27(38)18(3)41-28/h4-6,9-12,14,18,24H,7-8,13,15H2,1-3H3,(H,32,39)(H,35,40)/t18?,24-/m0/s1. The van der Waals surface area contributed by atoms with Gasteiger partial charge < -0.3 is 15.4 Å². The number of benzene rings is 2. The van der Waals surface area contributed by atoms with E-state index >= 15 is 0 Å². The van der Waals surface area contributed by atoms with Crippen LogP contribution in [0.3, 0.4) is 0 Å². The third kappa shape index (κ3) is 4.86. The molecule has 2 amide bonds. The number of fused-ring (bicyclic) bond motifs is 3. The number of carbonyl (C=O) groups excluding carboxylic acids is 4. The van der Waals surface area contributed by atoms with Crippen molar-refractivity contribution in [3.8, 4) is 5.75 Å². The maximum Gasteiger partial charge on any atom is 0.270 e. The van der Waals surface area contributed by atoms with Crippen molar-refractivity contribution in [2.75, 3.05) is 0 Å². The smallest absolute Gasteiger partial charge is 0.270 e. The highest BCUT2D eigenvalue weighted by Gasteiger charge is 2.29. The van der Waals surface area contributed by atoms with Crippen LogP contribution in [0.2, 0.25) is 0 Å². The van der Waals surface area contributed by atoms with Crippen molar-refractivity contribution < 1.29 is 23.9 Å². The molecule has 1 unspecified atom stereocenters. The molecule has 6 rings (SSSR count). The fourth-order valence-electron chi connectivity index (χ4n) is 5.69. The predicted molar refractivity (Wildman–Crippen MR) is 149 cm³/mol. The van der Waals surface area contributed by atoms with Crippen LogP contribution in [0.15, 0.2) is 48.7 Å². The zero-order chi connectivity index (χ0) is 28.8. The number of carbonyl (C=O) groups is 4. The zero-order valence-corrected chi connectivity index (χ0v) is 23.0. The summed E-state index contributed by atoms with van der Waals surface area (Å²) in [4.78, 5) is 55.1. The molecule has 0 fully saturated rings. The number of Topliss-reactive ketones (excluding diaryl/α,β-unsaturated/α-hetero) is 2. The average molecular weight is 552 g/mol. The van der Waals surface area contributed by atoms with E-state index in [4.69, 9.17) is 4.74 Å². The lowest BCUT2D eigenvalue weighted by molar-refractivity contribution is -0.125. The number of ether oxygens (including phenoxy) is 1. The SMILES string of the molecule is CC(=O)c1ccc2c(c1C)CC[C@@H]2NC(=O)c1cc(C(=O)NCc2ccc3c(c2)CC(=O)C(C)O3)nc2ccnn12. The van der Waals surface area contributed by atoms with Crippen LogP contribution < -0.4 is 15.4 Å². The molecule has 2 N–H and O–H groups in total. The maximum absolute atomic E-state index is 13.5. The molecule has 3 heterocycles. The lowest BCUT2D eigenvalue weighted by Crippen LogP contribution is -2.31. The van der Waals surface area contributed by atoms with Gasteiger partial charge in [-0.25, -0.2) is 9.50 Å². The third-order valence-corrected chi connectivity index (χ3v) is 7.90. The normalized spacial score (nSPS) is 17.5. The molecule has 1 aliphatic carbocycles. The summed E-state index contributed by atoms with van der Waals surface area (Å²) in [5, 5.41) is 10.2. The van der Waals surface area contributed by atoms with Gasteiger partial charge in [-0.05, 0) is 68.0 Å². The lowest BCUT2D eigenvalue weighted by atomic mass is 9.96. The number of amides is 2. The average Bonchev–Trinajstić information content (AvgIpc) is 3.59. The van der Waals surface area contributed by atoms with Crippen molar-refractivity contribution in [3.05, 3.63) is 93.4 Å². The number of nitrogens with one attached hydrogen (secondary N) is 2. The lowest BCUT2D eigenvalue weighted by Gasteiger charge is -2.22. The quantitative estimate of drug-likeness (QED) is 0.351. The first kappa shape index (κ1) is 26.4. The molecule has 41 heavy (non-hydrogen) atoms. The Balaban J connectivity index is 1.20. The van der Waals surface area contributed by atoms with Crippen LogP contribution in [0.5, 0.6) is 5.75 Å². The van der Waals surface area contributed by atoms with Crippen LogP contribution in [-0.4, -0.2) is 44.1 Å². The first-order valence-corrected chi connectivity index (χ1v) is 13.6. The summed E-state index contributed by atoms with van der Waals surface area (Å²) in [6, 6.07) is 12.1. The Bertz CT molecular complexity index is 1760. The summed E-state index contributed by atoms with van der Waals surface area (Å²) in [6.45, 7) is 5.44. The monoisotopic (exact) mass is 551 g/mol. The van der Waals surface area contributed by atoms with E-state index in [9.17, 15) is 19.2 Å². The fourth-order valence-corrected chi connectivity index (χ4v) is 5.69. The Morgan fingerprint density at radius 3 is 2.73 bits per heavy atom. The number of rotatable bonds is 6. The van der Waals surface area contributed by atoms with Crippen molar-refractivity contribution >= 4 is 29.0 Å². The second-order valence-corrected chi connectivity index (χ2v) is 10.6. The van der Waals surface area contributed by atoms with Gasteiger partial charge in [-0.2, -0.15) is 5.10 Å². The molecule has 1 aliphatic heterocycles. The maximum atomic E-state index is 13.5. The topological polar surface area (TPSA) is 132 Å². The van der Waals surface area contributed by atoms with E-state index in [-0.39, 0.29) is 41.4 Å².